The van der Waals surface area contributed by atoms with Crippen LogP contribution >= 0.6 is 15.9 Å². The molecule has 0 aliphatic heterocycles. The normalized spacial score (nSPS) is 10.3. The van der Waals surface area contributed by atoms with Crippen LogP contribution in [0.25, 0.3) is 0 Å². The standard InChI is InChI=1S/C11H11BrN4O2/c1-6-3-15-10(18-6)5-16-11(17)7-2-9(13)14-4-8(7)12/h2-4H,5H2,1H3,(H2,13,14)(H,16,17). The number of amides is 1. The van der Waals surface area contributed by atoms with E-state index in [1.807, 2.05) is 0 Å². The van der Waals surface area contributed by atoms with E-state index in [4.69, 9.17) is 10.2 Å². The summed E-state index contributed by atoms with van der Waals surface area (Å²) in [7, 11) is 0. The Morgan fingerprint density at radius 2 is 2.28 bits per heavy atom. The second kappa shape index (κ2) is 5.18. The number of nitrogen functional groups attached to an aromatic ring is 1. The Balaban J connectivity index is 2.05. The van der Waals surface area contributed by atoms with E-state index >= 15 is 0 Å². The average Bonchev–Trinajstić information content (AvgIpc) is 2.75. The number of halogens is 1. The Hall–Kier alpha value is -1.89. The van der Waals surface area contributed by atoms with Gasteiger partial charge in [-0.05, 0) is 28.9 Å². The quantitative estimate of drug-likeness (QED) is 0.899. The van der Waals surface area contributed by atoms with Crippen LogP contribution in [0.4, 0.5) is 5.82 Å². The van der Waals surface area contributed by atoms with Crippen LogP contribution in [0, 0.1) is 6.92 Å². The summed E-state index contributed by atoms with van der Waals surface area (Å²) >= 11 is 3.24. The van der Waals surface area contributed by atoms with Crippen molar-refractivity contribution in [2.75, 3.05) is 5.73 Å². The lowest BCUT2D eigenvalue weighted by molar-refractivity contribution is 0.0946. The molecule has 2 heterocycles. The predicted octanol–water partition coefficient (Wildman–Crippen LogP) is 1.65. The van der Waals surface area contributed by atoms with Gasteiger partial charge in [-0.25, -0.2) is 9.97 Å². The van der Waals surface area contributed by atoms with Gasteiger partial charge in [0.1, 0.15) is 11.6 Å². The second-order valence-electron chi connectivity index (χ2n) is 3.64. The summed E-state index contributed by atoms with van der Waals surface area (Å²) in [6, 6.07) is 1.50. The molecule has 0 aliphatic rings. The molecule has 3 N–H and O–H groups in total. The monoisotopic (exact) mass is 310 g/mol. The van der Waals surface area contributed by atoms with E-state index < -0.39 is 0 Å². The fourth-order valence-corrected chi connectivity index (χ4v) is 1.76. The van der Waals surface area contributed by atoms with Gasteiger partial charge in [0, 0.05) is 10.7 Å². The zero-order chi connectivity index (χ0) is 13.1. The molecular formula is C11H11BrN4O2. The lowest BCUT2D eigenvalue weighted by atomic mass is 10.2. The molecule has 0 aromatic carbocycles. The fourth-order valence-electron chi connectivity index (χ4n) is 1.36. The SMILES string of the molecule is Cc1cnc(CNC(=O)c2cc(N)ncc2Br)o1. The molecule has 0 atom stereocenters. The summed E-state index contributed by atoms with van der Waals surface area (Å²) < 4.78 is 5.83. The molecule has 7 heteroatoms. The Morgan fingerprint density at radius 3 is 2.94 bits per heavy atom. The van der Waals surface area contributed by atoms with Gasteiger partial charge in [0.2, 0.25) is 5.89 Å². The third kappa shape index (κ3) is 2.86. The zero-order valence-electron chi connectivity index (χ0n) is 9.61. The third-order valence-electron chi connectivity index (χ3n) is 2.19. The highest BCUT2D eigenvalue weighted by Gasteiger charge is 2.11. The van der Waals surface area contributed by atoms with Crippen molar-refractivity contribution in [3.8, 4) is 0 Å². The lowest BCUT2D eigenvalue weighted by Gasteiger charge is -2.05. The number of oxazole rings is 1. The van der Waals surface area contributed by atoms with Crippen LogP contribution < -0.4 is 11.1 Å². The summed E-state index contributed by atoms with van der Waals surface area (Å²) in [6.45, 7) is 2.01. The van der Waals surface area contributed by atoms with E-state index in [0.29, 0.717) is 21.7 Å². The summed E-state index contributed by atoms with van der Waals surface area (Å²) in [5.41, 5.74) is 5.96. The number of nitrogens with one attached hydrogen (secondary N) is 1. The van der Waals surface area contributed by atoms with Gasteiger partial charge < -0.3 is 15.5 Å². The van der Waals surface area contributed by atoms with Gasteiger partial charge in [-0.15, -0.1) is 0 Å². The molecule has 0 aliphatic carbocycles. The zero-order valence-corrected chi connectivity index (χ0v) is 11.2. The lowest BCUT2D eigenvalue weighted by Crippen LogP contribution is -2.23. The minimum absolute atomic E-state index is 0.224. The Bertz CT molecular complexity index is 582. The number of hydrogen-bond acceptors (Lipinski definition) is 5. The van der Waals surface area contributed by atoms with Gasteiger partial charge in [-0.3, -0.25) is 4.79 Å². The summed E-state index contributed by atoms with van der Waals surface area (Å²) in [6.07, 6.45) is 3.08. The van der Waals surface area contributed by atoms with Crippen LogP contribution in [-0.4, -0.2) is 15.9 Å². The fraction of sp³-hybridized carbons (Fsp3) is 0.182. The van der Waals surface area contributed by atoms with E-state index in [1.54, 1.807) is 13.1 Å². The molecule has 18 heavy (non-hydrogen) atoms. The molecule has 0 radical (unpaired) electrons. The molecule has 1 amide bonds. The second-order valence-corrected chi connectivity index (χ2v) is 4.49. The maximum atomic E-state index is 11.9. The van der Waals surface area contributed by atoms with Crippen molar-refractivity contribution < 1.29 is 9.21 Å². The number of anilines is 1. The summed E-state index contributed by atoms with van der Waals surface area (Å²) in [5, 5.41) is 2.69. The summed E-state index contributed by atoms with van der Waals surface area (Å²) in [4.78, 5) is 19.8. The first-order chi connectivity index (χ1) is 8.56. The molecule has 2 rings (SSSR count). The molecule has 0 saturated carbocycles. The molecule has 0 spiro atoms. The van der Waals surface area contributed by atoms with Crippen molar-refractivity contribution in [3.05, 3.63) is 40.1 Å². The first-order valence-corrected chi connectivity index (χ1v) is 5.96. The molecule has 94 valence electrons. The molecule has 2 aromatic heterocycles. The molecule has 6 nitrogen and oxygen atoms in total. The van der Waals surface area contributed by atoms with Crippen molar-refractivity contribution in [1.29, 1.82) is 0 Å². The minimum Gasteiger partial charge on any atom is -0.444 e. The van der Waals surface area contributed by atoms with Gasteiger partial charge in [0.15, 0.2) is 0 Å². The highest BCUT2D eigenvalue weighted by Crippen LogP contribution is 2.17. The molecule has 0 fully saturated rings. The van der Waals surface area contributed by atoms with Crippen molar-refractivity contribution in [2.24, 2.45) is 0 Å². The van der Waals surface area contributed by atoms with Crippen LogP contribution in [0.15, 0.2) is 27.3 Å². The highest BCUT2D eigenvalue weighted by atomic mass is 79.9. The number of nitrogens with two attached hydrogens (primary N) is 1. The Morgan fingerprint density at radius 1 is 1.50 bits per heavy atom. The first kappa shape index (κ1) is 12.6. The van der Waals surface area contributed by atoms with Gasteiger partial charge in [0.25, 0.3) is 5.91 Å². The molecule has 0 unspecified atom stereocenters. The first-order valence-electron chi connectivity index (χ1n) is 5.17. The van der Waals surface area contributed by atoms with Crippen LogP contribution in [0.1, 0.15) is 22.0 Å². The maximum absolute atomic E-state index is 11.9. The topological polar surface area (TPSA) is 94.0 Å². The van der Waals surface area contributed by atoms with E-state index in [-0.39, 0.29) is 18.3 Å². The number of aryl methyl sites for hydroxylation is 1. The number of nitrogens with zero attached hydrogens (tertiary/aromatic N) is 2. The van der Waals surface area contributed by atoms with E-state index in [2.05, 4.69) is 31.2 Å². The average molecular weight is 311 g/mol. The third-order valence-corrected chi connectivity index (χ3v) is 2.82. The van der Waals surface area contributed by atoms with Crippen LogP contribution in [0.5, 0.6) is 0 Å². The minimum atomic E-state index is -0.271. The number of carbonyl (C=O) groups is 1. The molecule has 0 bridgehead atoms. The number of rotatable bonds is 3. The van der Waals surface area contributed by atoms with Crippen molar-refractivity contribution in [1.82, 2.24) is 15.3 Å². The maximum Gasteiger partial charge on any atom is 0.253 e. The van der Waals surface area contributed by atoms with Crippen molar-refractivity contribution >= 4 is 27.7 Å². The van der Waals surface area contributed by atoms with Gasteiger partial charge in [0.05, 0.1) is 18.3 Å². The van der Waals surface area contributed by atoms with Crippen LogP contribution in [0.2, 0.25) is 0 Å². The Labute approximate surface area is 112 Å². The number of pyridine rings is 1. The van der Waals surface area contributed by atoms with E-state index in [1.165, 1.54) is 12.3 Å². The molecule has 0 saturated heterocycles. The Kier molecular flexibility index (Phi) is 3.61. The van der Waals surface area contributed by atoms with E-state index in [9.17, 15) is 4.79 Å². The smallest absolute Gasteiger partial charge is 0.253 e. The molecular weight excluding hydrogens is 300 g/mol. The van der Waals surface area contributed by atoms with Gasteiger partial charge in [-0.2, -0.15) is 0 Å². The van der Waals surface area contributed by atoms with Crippen molar-refractivity contribution in [2.45, 2.75) is 13.5 Å². The van der Waals surface area contributed by atoms with Crippen LogP contribution in [-0.2, 0) is 6.54 Å². The van der Waals surface area contributed by atoms with E-state index in [0.717, 1.165) is 0 Å². The van der Waals surface area contributed by atoms with Crippen molar-refractivity contribution in [3.63, 3.8) is 0 Å². The van der Waals surface area contributed by atoms with Gasteiger partial charge in [-0.1, -0.05) is 0 Å². The highest BCUT2D eigenvalue weighted by molar-refractivity contribution is 9.10. The molecule has 2 aromatic rings. The number of aromatic nitrogens is 2. The predicted molar refractivity (Wildman–Crippen MR) is 68.8 cm³/mol. The summed E-state index contributed by atoms with van der Waals surface area (Å²) in [5.74, 6) is 1.18. The van der Waals surface area contributed by atoms with Gasteiger partial charge >= 0.3 is 0 Å². The number of hydrogen-bond donors (Lipinski definition) is 2. The van der Waals surface area contributed by atoms with Crippen LogP contribution in [0.3, 0.4) is 0 Å². The number of carbonyl (C=O) groups excluding carboxylic acids is 1. The largest absolute Gasteiger partial charge is 0.444 e.